The van der Waals surface area contributed by atoms with E-state index in [2.05, 4.69) is 10.2 Å². The average Bonchev–Trinajstić information content (AvgIpc) is 3.08. The van der Waals surface area contributed by atoms with Crippen molar-refractivity contribution in [3.8, 4) is 17.2 Å². The minimum Gasteiger partial charge on any atom is -0.497 e. The highest BCUT2D eigenvalue weighted by Crippen LogP contribution is 2.24. The fourth-order valence-corrected chi connectivity index (χ4v) is 3.11. The zero-order valence-electron chi connectivity index (χ0n) is 15.1. The Morgan fingerprint density at radius 3 is 2.37 bits per heavy atom. The van der Waals surface area contributed by atoms with Gasteiger partial charge in [-0.15, -0.1) is 10.2 Å². The van der Waals surface area contributed by atoms with Crippen LogP contribution >= 0.6 is 11.8 Å². The minimum atomic E-state index is -0.408. The minimum absolute atomic E-state index is 0.128. The van der Waals surface area contributed by atoms with Gasteiger partial charge in [-0.25, -0.2) is 0 Å². The SMILES string of the molecule is COc1ccc(OCc2nnc(SCC(N)=O)n2-c2ccc(C)cc2)cc1. The van der Waals surface area contributed by atoms with Crippen molar-refractivity contribution < 1.29 is 14.3 Å². The number of thioether (sulfide) groups is 1. The Bertz CT molecular complexity index is 908. The summed E-state index contributed by atoms with van der Waals surface area (Å²) < 4.78 is 12.9. The number of ether oxygens (including phenoxy) is 2. The Morgan fingerprint density at radius 1 is 1.07 bits per heavy atom. The van der Waals surface area contributed by atoms with E-state index in [4.69, 9.17) is 15.2 Å². The van der Waals surface area contributed by atoms with E-state index in [1.54, 1.807) is 7.11 Å². The molecule has 0 unspecified atom stereocenters. The van der Waals surface area contributed by atoms with E-state index in [-0.39, 0.29) is 12.4 Å². The van der Waals surface area contributed by atoms with Crippen LogP contribution in [0.15, 0.2) is 53.7 Å². The zero-order chi connectivity index (χ0) is 19.2. The second-order valence-corrected chi connectivity index (χ2v) is 6.73. The molecule has 3 aromatic rings. The van der Waals surface area contributed by atoms with Crippen molar-refractivity contribution in [2.24, 2.45) is 5.73 Å². The van der Waals surface area contributed by atoms with Crippen molar-refractivity contribution >= 4 is 17.7 Å². The van der Waals surface area contributed by atoms with E-state index in [1.807, 2.05) is 60.0 Å². The normalized spacial score (nSPS) is 10.6. The van der Waals surface area contributed by atoms with Gasteiger partial charge in [0.25, 0.3) is 0 Å². The molecule has 140 valence electrons. The Kier molecular flexibility index (Phi) is 5.97. The van der Waals surface area contributed by atoms with Crippen LogP contribution in [-0.2, 0) is 11.4 Å². The number of carbonyl (C=O) groups excluding carboxylic acids is 1. The van der Waals surface area contributed by atoms with Crippen molar-refractivity contribution in [2.75, 3.05) is 12.9 Å². The Morgan fingerprint density at radius 2 is 1.74 bits per heavy atom. The smallest absolute Gasteiger partial charge is 0.227 e. The van der Waals surface area contributed by atoms with E-state index in [9.17, 15) is 4.79 Å². The van der Waals surface area contributed by atoms with E-state index in [0.29, 0.717) is 16.7 Å². The van der Waals surface area contributed by atoms with Crippen molar-refractivity contribution in [3.05, 3.63) is 59.9 Å². The molecule has 0 fully saturated rings. The van der Waals surface area contributed by atoms with Gasteiger partial charge in [-0.05, 0) is 43.3 Å². The van der Waals surface area contributed by atoms with Crippen LogP contribution in [0.3, 0.4) is 0 Å². The number of hydrogen-bond donors (Lipinski definition) is 1. The van der Waals surface area contributed by atoms with Gasteiger partial charge in [0, 0.05) is 5.69 Å². The maximum absolute atomic E-state index is 11.1. The number of aromatic nitrogens is 3. The lowest BCUT2D eigenvalue weighted by Gasteiger charge is -2.11. The van der Waals surface area contributed by atoms with Crippen LogP contribution < -0.4 is 15.2 Å². The first-order chi connectivity index (χ1) is 13.1. The molecule has 3 rings (SSSR count). The van der Waals surface area contributed by atoms with Crippen LogP contribution in [0.5, 0.6) is 11.5 Å². The summed E-state index contributed by atoms with van der Waals surface area (Å²) >= 11 is 1.24. The molecule has 0 saturated carbocycles. The lowest BCUT2D eigenvalue weighted by Crippen LogP contribution is -2.14. The van der Waals surface area contributed by atoms with Gasteiger partial charge in [-0.1, -0.05) is 29.5 Å². The van der Waals surface area contributed by atoms with Crippen molar-refractivity contribution in [1.29, 1.82) is 0 Å². The molecule has 1 aromatic heterocycles. The number of nitrogens with zero attached hydrogens (tertiary/aromatic N) is 3. The van der Waals surface area contributed by atoms with Gasteiger partial charge in [0.2, 0.25) is 5.91 Å². The molecule has 7 nitrogen and oxygen atoms in total. The van der Waals surface area contributed by atoms with Crippen LogP contribution in [0.25, 0.3) is 5.69 Å². The predicted octanol–water partition coefficient (Wildman–Crippen LogP) is 2.74. The quantitative estimate of drug-likeness (QED) is 0.601. The summed E-state index contributed by atoms with van der Waals surface area (Å²) in [5, 5.41) is 9.02. The fourth-order valence-electron chi connectivity index (χ4n) is 2.40. The summed E-state index contributed by atoms with van der Waals surface area (Å²) in [4.78, 5) is 11.1. The molecule has 0 spiro atoms. The Balaban J connectivity index is 1.84. The lowest BCUT2D eigenvalue weighted by atomic mass is 10.2. The summed E-state index contributed by atoms with van der Waals surface area (Å²) in [6, 6.07) is 15.3. The maximum Gasteiger partial charge on any atom is 0.227 e. The summed E-state index contributed by atoms with van der Waals surface area (Å²) in [5.41, 5.74) is 7.30. The van der Waals surface area contributed by atoms with Gasteiger partial charge in [0.15, 0.2) is 11.0 Å². The summed E-state index contributed by atoms with van der Waals surface area (Å²) in [6.45, 7) is 2.25. The van der Waals surface area contributed by atoms with Crippen molar-refractivity contribution in [3.63, 3.8) is 0 Å². The average molecular weight is 384 g/mol. The third-order valence-electron chi connectivity index (χ3n) is 3.76. The van der Waals surface area contributed by atoms with Gasteiger partial charge in [-0.3, -0.25) is 9.36 Å². The largest absolute Gasteiger partial charge is 0.497 e. The molecule has 0 saturated heterocycles. The van der Waals surface area contributed by atoms with Gasteiger partial charge in [-0.2, -0.15) is 0 Å². The molecule has 2 N–H and O–H groups in total. The highest BCUT2D eigenvalue weighted by molar-refractivity contribution is 7.99. The summed E-state index contributed by atoms with van der Waals surface area (Å²) in [5.74, 6) is 1.80. The molecule has 1 amide bonds. The van der Waals surface area contributed by atoms with Gasteiger partial charge in [0.1, 0.15) is 18.1 Å². The molecule has 1 heterocycles. The van der Waals surface area contributed by atoms with E-state index < -0.39 is 5.91 Å². The van der Waals surface area contributed by atoms with Crippen LogP contribution in [0, 0.1) is 6.92 Å². The third-order valence-corrected chi connectivity index (χ3v) is 4.71. The molecular formula is C19H20N4O3S. The van der Waals surface area contributed by atoms with Crippen LogP contribution in [0.1, 0.15) is 11.4 Å². The summed E-state index contributed by atoms with van der Waals surface area (Å²) in [6.07, 6.45) is 0. The molecule has 0 radical (unpaired) electrons. The molecule has 8 heteroatoms. The number of rotatable bonds is 8. The second-order valence-electron chi connectivity index (χ2n) is 5.79. The summed E-state index contributed by atoms with van der Waals surface area (Å²) in [7, 11) is 1.62. The number of primary amides is 1. The van der Waals surface area contributed by atoms with Gasteiger partial charge >= 0.3 is 0 Å². The Hall–Kier alpha value is -3.00. The van der Waals surface area contributed by atoms with E-state index >= 15 is 0 Å². The number of aryl methyl sites for hydroxylation is 1. The van der Waals surface area contributed by atoms with Gasteiger partial charge < -0.3 is 15.2 Å². The number of amides is 1. The standard InChI is InChI=1S/C19H20N4O3S/c1-13-3-5-14(6-4-13)23-18(21-22-19(23)27-12-17(20)24)11-26-16-9-7-15(25-2)8-10-16/h3-10H,11-12H2,1-2H3,(H2,20,24). The van der Waals surface area contributed by atoms with Crippen molar-refractivity contribution in [1.82, 2.24) is 14.8 Å². The number of nitrogens with two attached hydrogens (primary N) is 1. The molecule has 2 aromatic carbocycles. The number of hydrogen-bond acceptors (Lipinski definition) is 6. The van der Waals surface area contributed by atoms with Crippen molar-refractivity contribution in [2.45, 2.75) is 18.7 Å². The van der Waals surface area contributed by atoms with Crippen LogP contribution in [0.2, 0.25) is 0 Å². The molecule has 0 atom stereocenters. The molecule has 0 aliphatic heterocycles. The highest BCUT2D eigenvalue weighted by Gasteiger charge is 2.16. The molecule has 0 bridgehead atoms. The molecular weight excluding hydrogens is 364 g/mol. The fraction of sp³-hybridized carbons (Fsp3) is 0.211. The molecule has 0 aliphatic rings. The first-order valence-corrected chi connectivity index (χ1v) is 9.24. The van der Waals surface area contributed by atoms with E-state index in [1.165, 1.54) is 11.8 Å². The number of benzene rings is 2. The second kappa shape index (κ2) is 8.59. The van der Waals surface area contributed by atoms with Crippen LogP contribution in [-0.4, -0.2) is 33.5 Å². The Labute approximate surface area is 161 Å². The first kappa shape index (κ1) is 18.8. The topological polar surface area (TPSA) is 92.3 Å². The maximum atomic E-state index is 11.1. The number of carbonyl (C=O) groups is 1. The third kappa shape index (κ3) is 4.79. The van der Waals surface area contributed by atoms with Gasteiger partial charge in [0.05, 0.1) is 12.9 Å². The first-order valence-electron chi connectivity index (χ1n) is 8.26. The number of methoxy groups -OCH3 is 1. The monoisotopic (exact) mass is 384 g/mol. The van der Waals surface area contributed by atoms with E-state index in [0.717, 1.165) is 17.0 Å². The highest BCUT2D eigenvalue weighted by atomic mass is 32.2. The lowest BCUT2D eigenvalue weighted by molar-refractivity contribution is -0.115. The molecule has 0 aliphatic carbocycles. The predicted molar refractivity (Wildman–Crippen MR) is 103 cm³/mol. The molecule has 27 heavy (non-hydrogen) atoms. The van der Waals surface area contributed by atoms with Crippen LogP contribution in [0.4, 0.5) is 0 Å². The zero-order valence-corrected chi connectivity index (χ0v) is 15.9.